The summed E-state index contributed by atoms with van der Waals surface area (Å²) in [5.41, 5.74) is 7.89. The Labute approximate surface area is 95.2 Å². The van der Waals surface area contributed by atoms with Gasteiger partial charge in [-0.2, -0.15) is 5.26 Å². The molecule has 1 aromatic carbocycles. The number of rotatable bonds is 3. The average molecular weight is 218 g/mol. The fourth-order valence-corrected chi connectivity index (χ4v) is 1.44. The minimum Gasteiger partial charge on any atom is -0.397 e. The lowest BCUT2D eigenvalue weighted by Crippen LogP contribution is -2.02. The number of halogens is 1. The zero-order valence-corrected chi connectivity index (χ0v) is 9.55. The Hall–Kier alpha value is -1.82. The van der Waals surface area contributed by atoms with Gasteiger partial charge in [-0.15, -0.1) is 0 Å². The van der Waals surface area contributed by atoms with Gasteiger partial charge < -0.3 is 5.73 Å². The van der Waals surface area contributed by atoms with Crippen molar-refractivity contribution in [1.29, 1.82) is 5.26 Å². The monoisotopic (exact) mass is 218 g/mol. The fraction of sp³-hybridized carbons (Fsp3) is 0.308. The van der Waals surface area contributed by atoms with E-state index < -0.39 is 0 Å². The molecule has 0 bridgehead atoms. The van der Waals surface area contributed by atoms with Gasteiger partial charge in [0.25, 0.3) is 0 Å². The Morgan fingerprint density at radius 3 is 2.69 bits per heavy atom. The molecule has 16 heavy (non-hydrogen) atoms. The van der Waals surface area contributed by atoms with E-state index in [0.717, 1.165) is 6.42 Å². The van der Waals surface area contributed by atoms with Crippen LogP contribution in [-0.2, 0) is 0 Å². The third-order valence-corrected chi connectivity index (χ3v) is 2.44. The molecule has 0 radical (unpaired) electrons. The van der Waals surface area contributed by atoms with Gasteiger partial charge in [-0.05, 0) is 25.0 Å². The Bertz CT molecular complexity index is 455. The highest BCUT2D eigenvalue weighted by Crippen LogP contribution is 2.19. The number of nitrogens with zero attached hydrogens (tertiary/aromatic N) is 1. The molecular formula is C13H15FN2. The summed E-state index contributed by atoms with van der Waals surface area (Å²) >= 11 is 0. The second kappa shape index (κ2) is 5.32. The summed E-state index contributed by atoms with van der Waals surface area (Å²) in [6.07, 6.45) is 1.47. The molecule has 0 aromatic heterocycles. The molecule has 84 valence electrons. The highest BCUT2D eigenvalue weighted by molar-refractivity contribution is 5.69. The lowest BCUT2D eigenvalue weighted by molar-refractivity contribution is 0.618. The molecule has 0 saturated heterocycles. The molecule has 0 heterocycles. The average Bonchev–Trinajstić information content (AvgIpc) is 2.28. The molecule has 0 aliphatic heterocycles. The number of aryl methyl sites for hydroxylation is 1. The van der Waals surface area contributed by atoms with E-state index in [1.807, 2.05) is 6.92 Å². The van der Waals surface area contributed by atoms with Crippen molar-refractivity contribution >= 4 is 5.70 Å². The zero-order chi connectivity index (χ0) is 12.1. The first-order chi connectivity index (χ1) is 7.60. The molecule has 0 amide bonds. The maximum absolute atomic E-state index is 13.3. The minimum absolute atomic E-state index is 0.297. The molecule has 0 atom stereocenters. The van der Waals surface area contributed by atoms with Crippen molar-refractivity contribution in [2.24, 2.45) is 5.73 Å². The molecule has 1 rings (SSSR count). The fourth-order valence-electron chi connectivity index (χ4n) is 1.44. The van der Waals surface area contributed by atoms with E-state index in [2.05, 4.69) is 6.07 Å². The van der Waals surface area contributed by atoms with Crippen molar-refractivity contribution in [1.82, 2.24) is 0 Å². The molecule has 0 fully saturated rings. The standard InChI is InChI=1S/C13H15FN2/c1-3-4-11(8-15)13(16)10-6-5-9(2)12(14)7-10/h5-7H,3-4,16H2,1-2H3/b13-11-. The highest BCUT2D eigenvalue weighted by Gasteiger charge is 2.07. The van der Waals surface area contributed by atoms with Gasteiger partial charge >= 0.3 is 0 Å². The first kappa shape index (κ1) is 12.3. The molecule has 1 aromatic rings. The minimum atomic E-state index is -0.297. The van der Waals surface area contributed by atoms with Crippen molar-refractivity contribution in [2.45, 2.75) is 26.7 Å². The smallest absolute Gasteiger partial charge is 0.126 e. The normalized spacial score (nSPS) is 11.9. The number of benzene rings is 1. The van der Waals surface area contributed by atoms with Gasteiger partial charge in [0.2, 0.25) is 0 Å². The molecule has 0 aliphatic rings. The number of nitrogens with two attached hydrogens (primary N) is 1. The van der Waals surface area contributed by atoms with E-state index >= 15 is 0 Å². The first-order valence-electron chi connectivity index (χ1n) is 5.25. The van der Waals surface area contributed by atoms with Crippen molar-refractivity contribution in [3.05, 3.63) is 40.7 Å². The van der Waals surface area contributed by atoms with Crippen molar-refractivity contribution in [3.8, 4) is 6.07 Å². The largest absolute Gasteiger partial charge is 0.397 e. The molecule has 2 nitrogen and oxygen atoms in total. The lowest BCUT2D eigenvalue weighted by Gasteiger charge is -2.06. The quantitative estimate of drug-likeness (QED) is 0.792. The Morgan fingerprint density at radius 2 is 2.19 bits per heavy atom. The van der Waals surface area contributed by atoms with Crippen LogP contribution in [0.25, 0.3) is 5.70 Å². The van der Waals surface area contributed by atoms with Crippen LogP contribution in [0.3, 0.4) is 0 Å². The van der Waals surface area contributed by atoms with Gasteiger partial charge in [0.1, 0.15) is 5.82 Å². The summed E-state index contributed by atoms with van der Waals surface area (Å²) in [4.78, 5) is 0. The van der Waals surface area contributed by atoms with E-state index in [1.165, 1.54) is 6.07 Å². The zero-order valence-electron chi connectivity index (χ0n) is 9.55. The molecule has 3 heteroatoms. The second-order valence-corrected chi connectivity index (χ2v) is 3.72. The van der Waals surface area contributed by atoms with Crippen molar-refractivity contribution in [3.63, 3.8) is 0 Å². The second-order valence-electron chi connectivity index (χ2n) is 3.72. The Balaban J connectivity index is 3.17. The summed E-state index contributed by atoms with van der Waals surface area (Å²) in [6.45, 7) is 3.66. The SMILES string of the molecule is CCC/C(C#N)=C(/N)c1ccc(C)c(F)c1. The van der Waals surface area contributed by atoms with Gasteiger partial charge in [-0.1, -0.05) is 25.5 Å². The van der Waals surface area contributed by atoms with Crippen molar-refractivity contribution < 1.29 is 4.39 Å². The van der Waals surface area contributed by atoms with Gasteiger partial charge in [0.05, 0.1) is 17.3 Å². The third kappa shape index (κ3) is 2.60. The van der Waals surface area contributed by atoms with Crippen LogP contribution in [0.5, 0.6) is 0 Å². The summed E-state index contributed by atoms with van der Waals surface area (Å²) in [6, 6.07) is 6.84. The molecule has 2 N–H and O–H groups in total. The van der Waals surface area contributed by atoms with Crippen LogP contribution in [0.2, 0.25) is 0 Å². The molecular weight excluding hydrogens is 203 g/mol. The van der Waals surface area contributed by atoms with E-state index in [4.69, 9.17) is 11.0 Å². The predicted octanol–water partition coefficient (Wildman–Crippen LogP) is 3.13. The highest BCUT2D eigenvalue weighted by atomic mass is 19.1. The van der Waals surface area contributed by atoms with Gasteiger partial charge in [-0.25, -0.2) is 4.39 Å². The van der Waals surface area contributed by atoms with Gasteiger partial charge in [0, 0.05) is 5.56 Å². The maximum Gasteiger partial charge on any atom is 0.126 e. The van der Waals surface area contributed by atoms with Crippen molar-refractivity contribution in [2.75, 3.05) is 0 Å². The maximum atomic E-state index is 13.3. The third-order valence-electron chi connectivity index (χ3n) is 2.44. The Morgan fingerprint density at radius 1 is 1.50 bits per heavy atom. The van der Waals surface area contributed by atoms with Crippen LogP contribution < -0.4 is 5.73 Å². The first-order valence-corrected chi connectivity index (χ1v) is 5.25. The van der Waals surface area contributed by atoms with E-state index in [1.54, 1.807) is 19.1 Å². The summed E-state index contributed by atoms with van der Waals surface area (Å²) < 4.78 is 13.3. The van der Waals surface area contributed by atoms with Crippen LogP contribution in [0.15, 0.2) is 23.8 Å². The topological polar surface area (TPSA) is 49.8 Å². The van der Waals surface area contributed by atoms with Crippen LogP contribution in [0.4, 0.5) is 4.39 Å². The number of hydrogen-bond acceptors (Lipinski definition) is 2. The van der Waals surface area contributed by atoms with E-state index in [9.17, 15) is 4.39 Å². The Kier molecular flexibility index (Phi) is 4.07. The summed E-state index contributed by atoms with van der Waals surface area (Å²) in [7, 11) is 0. The van der Waals surface area contributed by atoms with Crippen LogP contribution in [0.1, 0.15) is 30.9 Å². The van der Waals surface area contributed by atoms with Crippen LogP contribution in [0, 0.1) is 24.1 Å². The van der Waals surface area contributed by atoms with Gasteiger partial charge in [0.15, 0.2) is 0 Å². The predicted molar refractivity (Wildman–Crippen MR) is 62.8 cm³/mol. The van der Waals surface area contributed by atoms with Gasteiger partial charge in [-0.3, -0.25) is 0 Å². The van der Waals surface area contributed by atoms with Crippen LogP contribution in [-0.4, -0.2) is 0 Å². The number of allylic oxidation sites excluding steroid dienone is 1. The number of nitriles is 1. The molecule has 0 aliphatic carbocycles. The summed E-state index contributed by atoms with van der Waals surface area (Å²) in [5.74, 6) is -0.297. The van der Waals surface area contributed by atoms with E-state index in [0.29, 0.717) is 28.8 Å². The molecule has 0 unspecified atom stereocenters. The van der Waals surface area contributed by atoms with E-state index in [-0.39, 0.29) is 5.82 Å². The molecule has 0 saturated carbocycles. The summed E-state index contributed by atoms with van der Waals surface area (Å²) in [5, 5.41) is 8.93. The lowest BCUT2D eigenvalue weighted by atomic mass is 10.0. The number of hydrogen-bond donors (Lipinski definition) is 1. The molecule has 0 spiro atoms. The van der Waals surface area contributed by atoms with Crippen LogP contribution >= 0.6 is 0 Å².